The van der Waals surface area contributed by atoms with Crippen molar-refractivity contribution in [2.45, 2.75) is 6.42 Å². The smallest absolute Gasteiger partial charge is 0.227 e. The molecule has 86 valence electrons. The second kappa shape index (κ2) is 4.99. The van der Waals surface area contributed by atoms with Crippen LogP contribution in [0.4, 0.5) is 5.69 Å². The molecule has 0 atom stereocenters. The molecule has 1 heterocycles. The SMILES string of the molecule is Nc1cccc(CC(=O)N2CCOCC2)c1. The number of hydrogen-bond donors (Lipinski definition) is 1. The lowest BCUT2D eigenvalue weighted by Gasteiger charge is -2.26. The van der Waals surface area contributed by atoms with Crippen LogP contribution < -0.4 is 5.73 Å². The van der Waals surface area contributed by atoms with Crippen LogP contribution in [0.25, 0.3) is 0 Å². The summed E-state index contributed by atoms with van der Waals surface area (Å²) in [5.74, 6) is 0.147. The molecule has 0 saturated carbocycles. The summed E-state index contributed by atoms with van der Waals surface area (Å²) in [6.45, 7) is 2.67. The van der Waals surface area contributed by atoms with Crippen LogP contribution in [0.3, 0.4) is 0 Å². The van der Waals surface area contributed by atoms with E-state index >= 15 is 0 Å². The average Bonchev–Trinajstić information content (AvgIpc) is 2.30. The van der Waals surface area contributed by atoms with Gasteiger partial charge in [-0.15, -0.1) is 0 Å². The molecule has 0 radical (unpaired) electrons. The molecule has 1 aliphatic heterocycles. The van der Waals surface area contributed by atoms with Crippen molar-refractivity contribution in [2.24, 2.45) is 0 Å². The normalized spacial score (nSPS) is 16.1. The highest BCUT2D eigenvalue weighted by Gasteiger charge is 2.16. The van der Waals surface area contributed by atoms with Crippen LogP contribution in [0, 0.1) is 0 Å². The monoisotopic (exact) mass is 220 g/mol. The number of carbonyl (C=O) groups is 1. The minimum absolute atomic E-state index is 0.147. The molecule has 2 rings (SSSR count). The summed E-state index contributed by atoms with van der Waals surface area (Å²) in [7, 11) is 0. The first-order valence-electron chi connectivity index (χ1n) is 5.45. The highest BCUT2D eigenvalue weighted by atomic mass is 16.5. The number of hydrogen-bond acceptors (Lipinski definition) is 3. The molecule has 1 aliphatic rings. The van der Waals surface area contributed by atoms with Crippen LogP contribution in [0.2, 0.25) is 0 Å². The molecule has 0 aromatic heterocycles. The molecule has 1 amide bonds. The minimum atomic E-state index is 0.147. The second-order valence-electron chi connectivity index (χ2n) is 3.91. The highest BCUT2D eigenvalue weighted by molar-refractivity contribution is 5.79. The van der Waals surface area contributed by atoms with E-state index in [-0.39, 0.29) is 5.91 Å². The third kappa shape index (κ3) is 2.73. The van der Waals surface area contributed by atoms with Crippen molar-refractivity contribution in [3.8, 4) is 0 Å². The van der Waals surface area contributed by atoms with Crippen LogP contribution in [0.5, 0.6) is 0 Å². The number of rotatable bonds is 2. The van der Waals surface area contributed by atoms with Crippen LogP contribution in [-0.4, -0.2) is 37.1 Å². The van der Waals surface area contributed by atoms with Crippen molar-refractivity contribution >= 4 is 11.6 Å². The van der Waals surface area contributed by atoms with Crippen molar-refractivity contribution in [1.82, 2.24) is 4.90 Å². The summed E-state index contributed by atoms with van der Waals surface area (Å²) in [6, 6.07) is 7.47. The molecule has 4 heteroatoms. The van der Waals surface area contributed by atoms with Gasteiger partial charge in [0.15, 0.2) is 0 Å². The molecule has 0 bridgehead atoms. The van der Waals surface area contributed by atoms with Gasteiger partial charge >= 0.3 is 0 Å². The number of anilines is 1. The number of morpholine rings is 1. The number of ether oxygens (including phenoxy) is 1. The Balaban J connectivity index is 1.96. The predicted molar refractivity (Wildman–Crippen MR) is 62.0 cm³/mol. The lowest BCUT2D eigenvalue weighted by atomic mass is 10.1. The van der Waals surface area contributed by atoms with Crippen LogP contribution in [-0.2, 0) is 16.0 Å². The third-order valence-electron chi connectivity index (χ3n) is 2.67. The number of nitrogens with two attached hydrogens (primary N) is 1. The molecule has 1 fully saturated rings. The zero-order chi connectivity index (χ0) is 11.4. The molecule has 0 aliphatic carbocycles. The molecular weight excluding hydrogens is 204 g/mol. The Labute approximate surface area is 95.0 Å². The average molecular weight is 220 g/mol. The summed E-state index contributed by atoms with van der Waals surface area (Å²) in [5, 5.41) is 0. The predicted octanol–water partition coefficient (Wildman–Crippen LogP) is 0.670. The maximum atomic E-state index is 11.9. The molecule has 16 heavy (non-hydrogen) atoms. The van der Waals surface area contributed by atoms with Gasteiger partial charge in [0.25, 0.3) is 0 Å². The number of benzene rings is 1. The van der Waals surface area contributed by atoms with E-state index in [9.17, 15) is 4.79 Å². The van der Waals surface area contributed by atoms with Crippen molar-refractivity contribution in [3.05, 3.63) is 29.8 Å². The molecule has 4 nitrogen and oxygen atoms in total. The van der Waals surface area contributed by atoms with E-state index in [1.807, 2.05) is 29.2 Å². The van der Waals surface area contributed by atoms with E-state index in [0.717, 1.165) is 5.56 Å². The first kappa shape index (κ1) is 11.0. The Morgan fingerprint density at radius 3 is 2.81 bits per heavy atom. The van der Waals surface area contributed by atoms with Crippen LogP contribution >= 0.6 is 0 Å². The summed E-state index contributed by atoms with van der Waals surface area (Å²) < 4.78 is 5.21. The molecule has 0 unspecified atom stereocenters. The Morgan fingerprint density at radius 2 is 2.12 bits per heavy atom. The van der Waals surface area contributed by atoms with E-state index in [2.05, 4.69) is 0 Å². The summed E-state index contributed by atoms with van der Waals surface area (Å²) in [4.78, 5) is 13.7. The van der Waals surface area contributed by atoms with E-state index in [1.165, 1.54) is 0 Å². The fourth-order valence-electron chi connectivity index (χ4n) is 1.80. The molecule has 1 aromatic rings. The maximum Gasteiger partial charge on any atom is 0.227 e. The molecule has 0 spiro atoms. The maximum absolute atomic E-state index is 11.9. The van der Waals surface area contributed by atoms with E-state index in [0.29, 0.717) is 38.4 Å². The van der Waals surface area contributed by atoms with Crippen molar-refractivity contribution in [1.29, 1.82) is 0 Å². The quantitative estimate of drug-likeness (QED) is 0.745. The van der Waals surface area contributed by atoms with E-state index in [1.54, 1.807) is 0 Å². The molecule has 1 saturated heterocycles. The summed E-state index contributed by atoms with van der Waals surface area (Å²) >= 11 is 0. The van der Waals surface area contributed by atoms with Crippen LogP contribution in [0.1, 0.15) is 5.56 Å². The summed E-state index contributed by atoms with van der Waals surface area (Å²) in [5.41, 5.74) is 7.34. The molecular formula is C12H16N2O2. The van der Waals surface area contributed by atoms with Crippen molar-refractivity contribution in [3.63, 3.8) is 0 Å². The fourth-order valence-corrected chi connectivity index (χ4v) is 1.80. The van der Waals surface area contributed by atoms with Gasteiger partial charge in [0.05, 0.1) is 19.6 Å². The lowest BCUT2D eigenvalue weighted by molar-refractivity contribution is -0.134. The topological polar surface area (TPSA) is 55.6 Å². The molecule has 2 N–H and O–H groups in total. The highest BCUT2D eigenvalue weighted by Crippen LogP contribution is 2.09. The molecule has 1 aromatic carbocycles. The largest absolute Gasteiger partial charge is 0.399 e. The number of carbonyl (C=O) groups excluding carboxylic acids is 1. The number of amides is 1. The first-order valence-corrected chi connectivity index (χ1v) is 5.45. The third-order valence-corrected chi connectivity index (χ3v) is 2.67. The number of nitrogen functional groups attached to an aromatic ring is 1. The van der Waals surface area contributed by atoms with Gasteiger partial charge in [-0.2, -0.15) is 0 Å². The minimum Gasteiger partial charge on any atom is -0.399 e. The Kier molecular flexibility index (Phi) is 3.41. The Morgan fingerprint density at radius 1 is 1.38 bits per heavy atom. The Bertz CT molecular complexity index is 373. The van der Waals surface area contributed by atoms with Crippen LogP contribution in [0.15, 0.2) is 24.3 Å². The lowest BCUT2D eigenvalue weighted by Crippen LogP contribution is -2.41. The van der Waals surface area contributed by atoms with E-state index < -0.39 is 0 Å². The van der Waals surface area contributed by atoms with Gasteiger partial charge in [-0.25, -0.2) is 0 Å². The van der Waals surface area contributed by atoms with E-state index in [4.69, 9.17) is 10.5 Å². The number of nitrogens with zero attached hydrogens (tertiary/aromatic N) is 1. The zero-order valence-electron chi connectivity index (χ0n) is 9.19. The van der Waals surface area contributed by atoms with Gasteiger partial charge < -0.3 is 15.4 Å². The van der Waals surface area contributed by atoms with Gasteiger partial charge in [-0.1, -0.05) is 12.1 Å². The van der Waals surface area contributed by atoms with Gasteiger partial charge in [0.1, 0.15) is 0 Å². The fraction of sp³-hybridized carbons (Fsp3) is 0.417. The van der Waals surface area contributed by atoms with Crippen molar-refractivity contribution in [2.75, 3.05) is 32.0 Å². The van der Waals surface area contributed by atoms with Gasteiger partial charge in [-0.05, 0) is 17.7 Å². The summed E-state index contributed by atoms with van der Waals surface area (Å²) in [6.07, 6.45) is 0.422. The first-order chi connectivity index (χ1) is 7.75. The van der Waals surface area contributed by atoms with Gasteiger partial charge in [0, 0.05) is 18.8 Å². The zero-order valence-corrected chi connectivity index (χ0v) is 9.19. The van der Waals surface area contributed by atoms with Gasteiger partial charge in [-0.3, -0.25) is 4.79 Å². The van der Waals surface area contributed by atoms with Crippen molar-refractivity contribution < 1.29 is 9.53 Å². The van der Waals surface area contributed by atoms with Gasteiger partial charge in [0.2, 0.25) is 5.91 Å². The standard InChI is InChI=1S/C12H16N2O2/c13-11-3-1-2-10(8-11)9-12(15)14-4-6-16-7-5-14/h1-3,8H,4-7,9,13H2. The second-order valence-corrected chi connectivity index (χ2v) is 3.91. The Hall–Kier alpha value is -1.55.